The first-order valence-corrected chi connectivity index (χ1v) is 17.2. The van der Waals surface area contributed by atoms with Gasteiger partial charge in [0.15, 0.2) is 17.9 Å². The molecule has 56 heavy (non-hydrogen) atoms. The topological polar surface area (TPSA) is 215 Å². The molecule has 1 fully saturated rings. The van der Waals surface area contributed by atoms with Gasteiger partial charge in [-0.1, -0.05) is 78.0 Å². The van der Waals surface area contributed by atoms with Gasteiger partial charge in [-0.05, 0) is 55.5 Å². The number of hydrogen-bond donors (Lipinski definition) is 1. The van der Waals surface area contributed by atoms with Crippen LogP contribution < -0.4 is 5.73 Å². The van der Waals surface area contributed by atoms with Gasteiger partial charge in [0.2, 0.25) is 6.10 Å². The fourth-order valence-electron chi connectivity index (χ4n) is 5.84. The second kappa shape index (κ2) is 17.3. The highest BCUT2D eigenvalue weighted by atomic mass is 16.7. The third-order valence-electron chi connectivity index (χ3n) is 8.51. The summed E-state index contributed by atoms with van der Waals surface area (Å²) >= 11 is 0. The number of benzene rings is 4. The van der Waals surface area contributed by atoms with E-state index in [1.54, 1.807) is 79.7 Å². The molecule has 1 amide bonds. The van der Waals surface area contributed by atoms with E-state index in [9.17, 15) is 28.8 Å². The first kappa shape index (κ1) is 38.5. The highest BCUT2D eigenvalue weighted by Gasteiger charge is 2.65. The number of carbonyl (C=O) groups is 6. The minimum absolute atomic E-state index is 0.0124. The van der Waals surface area contributed by atoms with Crippen LogP contribution >= 0.6 is 0 Å². The lowest BCUT2D eigenvalue weighted by molar-refractivity contribution is -0.293. The summed E-state index contributed by atoms with van der Waals surface area (Å²) in [5.74, 6) is -6.20. The van der Waals surface area contributed by atoms with E-state index in [4.69, 9.17) is 34.2 Å². The first-order valence-electron chi connectivity index (χ1n) is 17.2. The summed E-state index contributed by atoms with van der Waals surface area (Å²) in [4.78, 5) is 81.6. The zero-order valence-electron chi connectivity index (χ0n) is 29.7. The monoisotopic (exact) mass is 762 g/mol. The largest absolute Gasteiger partial charge is 0.461 e. The molecule has 1 aromatic heterocycles. The lowest BCUT2D eigenvalue weighted by Crippen LogP contribution is -2.72. The molecule has 6 rings (SSSR count). The maximum absolute atomic E-state index is 14.0. The van der Waals surface area contributed by atoms with E-state index >= 15 is 0 Å². The Kier molecular flexibility index (Phi) is 11.9. The maximum atomic E-state index is 14.0. The number of hydrogen-bond acceptors (Lipinski definition) is 14. The van der Waals surface area contributed by atoms with Gasteiger partial charge in [-0.25, -0.2) is 28.7 Å². The summed E-state index contributed by atoms with van der Waals surface area (Å²) in [5, 5.41) is 7.76. The minimum atomic E-state index is -2.83. The van der Waals surface area contributed by atoms with E-state index in [0.29, 0.717) is 4.68 Å². The van der Waals surface area contributed by atoms with E-state index in [-0.39, 0.29) is 28.9 Å². The highest BCUT2D eigenvalue weighted by Crippen LogP contribution is 2.40. The molecular weight excluding hydrogens is 728 g/mol. The smallest absolute Gasteiger partial charge is 0.360 e. The number of amides is 1. The SMILES string of the molecule is CCOC(=O)c1cn([C@]2(C(N)=O)O[C@H](COC(=O)c3ccccc3)[C@@H](OC(=O)c3ccccc3)[C@H](OC(=O)c3ccccc3)[C@H]2OC(=O)c2ccccc2)nn1. The quantitative estimate of drug-likeness (QED) is 0.134. The molecule has 0 aliphatic carbocycles. The van der Waals surface area contributed by atoms with Crippen molar-refractivity contribution in [2.75, 3.05) is 13.2 Å². The van der Waals surface area contributed by atoms with Gasteiger partial charge in [0.25, 0.3) is 11.6 Å². The van der Waals surface area contributed by atoms with Crippen LogP contribution in [0.15, 0.2) is 128 Å². The predicted octanol–water partition coefficient (Wildman–Crippen LogP) is 3.53. The lowest BCUT2D eigenvalue weighted by atomic mass is 9.88. The van der Waals surface area contributed by atoms with Gasteiger partial charge in [-0.3, -0.25) is 4.79 Å². The van der Waals surface area contributed by atoms with Crippen molar-refractivity contribution in [3.05, 3.63) is 155 Å². The third-order valence-corrected chi connectivity index (χ3v) is 8.51. The van der Waals surface area contributed by atoms with Crippen molar-refractivity contribution in [1.29, 1.82) is 0 Å². The summed E-state index contributed by atoms with van der Waals surface area (Å²) in [6, 6.07) is 30.8. The normalized spacial score (nSPS) is 20.2. The molecule has 0 radical (unpaired) electrons. The third kappa shape index (κ3) is 8.29. The number of nitrogens with zero attached hydrogens (tertiary/aromatic N) is 3. The van der Waals surface area contributed by atoms with Crippen molar-refractivity contribution in [2.45, 2.75) is 37.1 Å². The number of rotatable bonds is 13. The molecule has 0 spiro atoms. The van der Waals surface area contributed by atoms with Crippen LogP contribution in [0.4, 0.5) is 0 Å². The fraction of sp³-hybridized carbons (Fsp3) is 0.200. The van der Waals surface area contributed by atoms with Crippen LogP contribution in [-0.4, -0.2) is 88.4 Å². The average molecular weight is 763 g/mol. The molecule has 5 aromatic rings. The number of esters is 5. The Morgan fingerprint density at radius 1 is 0.625 bits per heavy atom. The molecule has 1 saturated heterocycles. The minimum Gasteiger partial charge on any atom is -0.461 e. The fourth-order valence-corrected chi connectivity index (χ4v) is 5.84. The molecule has 16 nitrogen and oxygen atoms in total. The van der Waals surface area contributed by atoms with E-state index in [2.05, 4.69) is 10.3 Å². The van der Waals surface area contributed by atoms with E-state index in [1.807, 2.05) is 0 Å². The summed E-state index contributed by atoms with van der Waals surface area (Å²) < 4.78 is 35.8. The Balaban J connectivity index is 1.54. The molecule has 286 valence electrons. The molecule has 2 heterocycles. The average Bonchev–Trinajstić information content (AvgIpc) is 3.74. The number of primary amides is 1. The number of ether oxygens (including phenoxy) is 6. The second-order valence-corrected chi connectivity index (χ2v) is 12.1. The number of aromatic nitrogens is 3. The Morgan fingerprint density at radius 3 is 1.54 bits per heavy atom. The molecule has 2 N–H and O–H groups in total. The van der Waals surface area contributed by atoms with Crippen molar-refractivity contribution < 1.29 is 57.2 Å². The Hall–Kier alpha value is -7.20. The van der Waals surface area contributed by atoms with Crippen LogP contribution in [0, 0.1) is 0 Å². The van der Waals surface area contributed by atoms with Crippen LogP contribution in [-0.2, 0) is 38.9 Å². The second-order valence-electron chi connectivity index (χ2n) is 12.1. The summed E-state index contributed by atoms with van der Waals surface area (Å²) in [6.07, 6.45) is -6.64. The zero-order chi connectivity index (χ0) is 39.7. The Labute approximate surface area is 319 Å². The Morgan fingerprint density at radius 2 is 1.07 bits per heavy atom. The van der Waals surface area contributed by atoms with Crippen LogP contribution in [0.25, 0.3) is 0 Å². The summed E-state index contributed by atoms with van der Waals surface area (Å²) in [7, 11) is 0. The van der Waals surface area contributed by atoms with Crippen LogP contribution in [0.1, 0.15) is 58.8 Å². The number of carbonyl (C=O) groups excluding carboxylic acids is 6. The van der Waals surface area contributed by atoms with E-state index < -0.39 is 78.2 Å². The molecule has 0 unspecified atom stereocenters. The molecule has 1 aliphatic rings. The van der Waals surface area contributed by atoms with Crippen molar-refractivity contribution >= 4 is 35.8 Å². The molecule has 5 atom stereocenters. The van der Waals surface area contributed by atoms with Gasteiger partial charge in [-0.15, -0.1) is 5.10 Å². The summed E-state index contributed by atoms with van der Waals surface area (Å²) in [6.45, 7) is 0.759. The first-order chi connectivity index (χ1) is 27.1. The standard InChI is InChI=1S/C40H34N4O12/c1-2-51-38(49)29-23-44(43-42-29)40(39(41)50)33(55-37(48)28-21-13-6-14-22-28)32(54-36(47)27-19-11-5-12-20-27)31(53-35(46)26-17-9-4-10-18-26)30(56-40)24-52-34(45)25-15-7-3-8-16-25/h3-23,30-33H,2,24H2,1H3,(H2,41,50)/t30-,31-,32+,33-,40+/m1/s1. The number of nitrogens with two attached hydrogens (primary N) is 1. The van der Waals surface area contributed by atoms with Crippen molar-refractivity contribution in [3.8, 4) is 0 Å². The van der Waals surface area contributed by atoms with Gasteiger partial charge in [0, 0.05) is 0 Å². The van der Waals surface area contributed by atoms with Gasteiger partial charge < -0.3 is 34.2 Å². The highest BCUT2D eigenvalue weighted by molar-refractivity contribution is 5.93. The molecule has 4 aromatic carbocycles. The molecule has 0 saturated carbocycles. The Bertz CT molecular complexity index is 2180. The van der Waals surface area contributed by atoms with Gasteiger partial charge >= 0.3 is 29.8 Å². The van der Waals surface area contributed by atoms with E-state index in [0.717, 1.165) is 6.20 Å². The molecule has 0 bridgehead atoms. The van der Waals surface area contributed by atoms with Crippen LogP contribution in [0.3, 0.4) is 0 Å². The van der Waals surface area contributed by atoms with Crippen LogP contribution in [0.5, 0.6) is 0 Å². The zero-order valence-corrected chi connectivity index (χ0v) is 29.7. The molecular formula is C40H34N4O12. The van der Waals surface area contributed by atoms with Crippen molar-refractivity contribution in [3.63, 3.8) is 0 Å². The summed E-state index contributed by atoms with van der Waals surface area (Å²) in [5.41, 5.74) is 3.08. The van der Waals surface area contributed by atoms with Crippen molar-refractivity contribution in [2.24, 2.45) is 5.73 Å². The maximum Gasteiger partial charge on any atom is 0.360 e. The van der Waals surface area contributed by atoms with Gasteiger partial charge in [0.05, 0.1) is 35.1 Å². The van der Waals surface area contributed by atoms with Gasteiger partial charge in [0.1, 0.15) is 12.7 Å². The predicted molar refractivity (Wildman–Crippen MR) is 192 cm³/mol. The van der Waals surface area contributed by atoms with Crippen LogP contribution in [0.2, 0.25) is 0 Å². The van der Waals surface area contributed by atoms with E-state index in [1.165, 1.54) is 48.5 Å². The van der Waals surface area contributed by atoms with Crippen molar-refractivity contribution in [1.82, 2.24) is 15.0 Å². The molecule has 1 aliphatic heterocycles. The lowest BCUT2D eigenvalue weighted by Gasteiger charge is -2.49. The molecule has 16 heteroatoms. The van der Waals surface area contributed by atoms with Gasteiger partial charge in [-0.2, -0.15) is 0 Å².